The third-order valence-electron chi connectivity index (χ3n) is 4.04. The van der Waals surface area contributed by atoms with Gasteiger partial charge in [0, 0.05) is 6.54 Å². The van der Waals surface area contributed by atoms with Gasteiger partial charge in [0.1, 0.15) is 0 Å². The Morgan fingerprint density at radius 3 is 2.62 bits per heavy atom. The van der Waals surface area contributed by atoms with Crippen LogP contribution in [0.25, 0.3) is 0 Å². The molecule has 0 radical (unpaired) electrons. The molecule has 2 rings (SSSR count). The van der Waals surface area contributed by atoms with Gasteiger partial charge >= 0.3 is 0 Å². The predicted octanol–water partition coefficient (Wildman–Crippen LogP) is 2.64. The maximum absolute atomic E-state index is 9.81. The van der Waals surface area contributed by atoms with Crippen molar-refractivity contribution in [1.82, 2.24) is 10.2 Å². The van der Waals surface area contributed by atoms with Crippen molar-refractivity contribution < 1.29 is 9.84 Å². The van der Waals surface area contributed by atoms with Gasteiger partial charge < -0.3 is 15.2 Å². The highest BCUT2D eigenvalue weighted by atomic mass is 35.5. The zero-order chi connectivity index (χ0) is 14.4. The van der Waals surface area contributed by atoms with Crippen molar-refractivity contribution >= 4 is 12.4 Å². The fourth-order valence-corrected chi connectivity index (χ4v) is 2.79. The fraction of sp³-hybridized carbons (Fsp3) is 0.625. The second-order valence-electron chi connectivity index (χ2n) is 5.53. The number of ether oxygens (including phenoxy) is 1. The van der Waals surface area contributed by atoms with Crippen LogP contribution in [0.1, 0.15) is 25.3 Å². The molecule has 0 saturated carbocycles. The smallest absolute Gasteiger partial charge is 0.160 e. The van der Waals surface area contributed by atoms with Gasteiger partial charge in [-0.25, -0.2) is 0 Å². The zero-order valence-corrected chi connectivity index (χ0v) is 13.8. The van der Waals surface area contributed by atoms with Crippen molar-refractivity contribution in [2.24, 2.45) is 5.92 Å². The summed E-state index contributed by atoms with van der Waals surface area (Å²) in [6.45, 7) is 7.56. The summed E-state index contributed by atoms with van der Waals surface area (Å²) in [5.41, 5.74) is 1.15. The van der Waals surface area contributed by atoms with Crippen molar-refractivity contribution in [2.45, 2.75) is 26.3 Å². The summed E-state index contributed by atoms with van der Waals surface area (Å²) < 4.78 is 5.07. The number of halogens is 1. The average Bonchev–Trinajstić information content (AvgIpc) is 2.47. The standard InChI is InChI=1S/C16H26N2O2.ClH/c1-3-17-11-13-6-8-18(9-7-13)12-14-4-5-16(20-2)15(19)10-14;/h4-5,10,13,17,19H,3,6-9,11-12H2,1-2H3;1H. The van der Waals surface area contributed by atoms with Crippen LogP contribution >= 0.6 is 12.4 Å². The van der Waals surface area contributed by atoms with Gasteiger partial charge in [-0.1, -0.05) is 13.0 Å². The number of piperidine rings is 1. The van der Waals surface area contributed by atoms with Gasteiger partial charge in [-0.05, 0) is 62.6 Å². The largest absolute Gasteiger partial charge is 0.504 e. The van der Waals surface area contributed by atoms with E-state index >= 15 is 0 Å². The summed E-state index contributed by atoms with van der Waals surface area (Å²) in [6.07, 6.45) is 2.52. The molecule has 120 valence electrons. The van der Waals surface area contributed by atoms with Gasteiger partial charge in [0.25, 0.3) is 0 Å². The molecule has 1 fully saturated rings. The first-order valence-electron chi connectivity index (χ1n) is 7.52. The lowest BCUT2D eigenvalue weighted by atomic mass is 9.96. The first-order chi connectivity index (χ1) is 9.72. The third kappa shape index (κ3) is 5.38. The van der Waals surface area contributed by atoms with Crippen LogP contribution in [0.4, 0.5) is 0 Å². The van der Waals surface area contributed by atoms with E-state index in [4.69, 9.17) is 4.74 Å². The summed E-state index contributed by atoms with van der Waals surface area (Å²) in [7, 11) is 1.57. The number of nitrogens with zero attached hydrogens (tertiary/aromatic N) is 1. The molecule has 4 nitrogen and oxygen atoms in total. The number of phenolic OH excluding ortho intramolecular Hbond substituents is 1. The molecule has 1 aliphatic rings. The first-order valence-corrected chi connectivity index (χ1v) is 7.52. The monoisotopic (exact) mass is 314 g/mol. The molecule has 0 unspecified atom stereocenters. The number of phenols is 1. The quantitative estimate of drug-likeness (QED) is 0.847. The van der Waals surface area contributed by atoms with E-state index < -0.39 is 0 Å². The molecule has 2 N–H and O–H groups in total. The van der Waals surface area contributed by atoms with Gasteiger partial charge in [0.05, 0.1) is 7.11 Å². The van der Waals surface area contributed by atoms with Crippen LogP contribution in [0, 0.1) is 5.92 Å². The summed E-state index contributed by atoms with van der Waals surface area (Å²) in [6, 6.07) is 5.68. The van der Waals surface area contributed by atoms with E-state index in [0.717, 1.165) is 44.2 Å². The minimum atomic E-state index is 0. The Bertz CT molecular complexity index is 421. The van der Waals surface area contributed by atoms with Crippen LogP contribution in [0.15, 0.2) is 18.2 Å². The maximum Gasteiger partial charge on any atom is 0.160 e. The van der Waals surface area contributed by atoms with E-state index in [2.05, 4.69) is 17.1 Å². The number of nitrogens with one attached hydrogen (secondary N) is 1. The molecule has 1 aromatic rings. The lowest BCUT2D eigenvalue weighted by Gasteiger charge is -2.32. The molecule has 21 heavy (non-hydrogen) atoms. The number of likely N-dealkylation sites (tertiary alicyclic amines) is 1. The number of hydrogen-bond donors (Lipinski definition) is 2. The minimum Gasteiger partial charge on any atom is -0.504 e. The van der Waals surface area contributed by atoms with Gasteiger partial charge in [0.2, 0.25) is 0 Å². The highest BCUT2D eigenvalue weighted by Gasteiger charge is 2.19. The van der Waals surface area contributed by atoms with E-state index in [9.17, 15) is 5.11 Å². The highest BCUT2D eigenvalue weighted by molar-refractivity contribution is 5.85. The van der Waals surface area contributed by atoms with Crippen LogP contribution in [-0.2, 0) is 6.54 Å². The summed E-state index contributed by atoms with van der Waals surface area (Å²) in [4.78, 5) is 2.46. The average molecular weight is 315 g/mol. The lowest BCUT2D eigenvalue weighted by Crippen LogP contribution is -2.36. The molecule has 1 saturated heterocycles. The van der Waals surface area contributed by atoms with Crippen molar-refractivity contribution in [2.75, 3.05) is 33.3 Å². The topological polar surface area (TPSA) is 44.7 Å². The molecular formula is C16H27ClN2O2. The number of rotatable bonds is 6. The molecule has 0 bridgehead atoms. The lowest BCUT2D eigenvalue weighted by molar-refractivity contribution is 0.175. The number of benzene rings is 1. The van der Waals surface area contributed by atoms with E-state index in [0.29, 0.717) is 5.75 Å². The van der Waals surface area contributed by atoms with Crippen molar-refractivity contribution in [3.63, 3.8) is 0 Å². The molecule has 0 aromatic heterocycles. The Kier molecular flexibility index (Phi) is 7.86. The third-order valence-corrected chi connectivity index (χ3v) is 4.04. The Morgan fingerprint density at radius 1 is 1.33 bits per heavy atom. The van der Waals surface area contributed by atoms with Gasteiger partial charge in [0.15, 0.2) is 11.5 Å². The van der Waals surface area contributed by atoms with Gasteiger partial charge in [-0.2, -0.15) is 0 Å². The summed E-state index contributed by atoms with van der Waals surface area (Å²) in [5.74, 6) is 1.58. The number of hydrogen-bond acceptors (Lipinski definition) is 4. The summed E-state index contributed by atoms with van der Waals surface area (Å²) in [5, 5.41) is 13.2. The van der Waals surface area contributed by atoms with Crippen LogP contribution in [0.3, 0.4) is 0 Å². The van der Waals surface area contributed by atoms with Crippen LogP contribution in [0.5, 0.6) is 11.5 Å². The zero-order valence-electron chi connectivity index (χ0n) is 13.0. The molecular weight excluding hydrogens is 288 g/mol. The molecule has 1 aromatic carbocycles. The van der Waals surface area contributed by atoms with Crippen LogP contribution in [0.2, 0.25) is 0 Å². The van der Waals surface area contributed by atoms with Gasteiger partial charge in [-0.15, -0.1) is 12.4 Å². The fourth-order valence-electron chi connectivity index (χ4n) is 2.79. The summed E-state index contributed by atoms with van der Waals surface area (Å²) >= 11 is 0. The number of aromatic hydroxyl groups is 1. The van der Waals surface area contributed by atoms with E-state index in [1.54, 1.807) is 7.11 Å². The van der Waals surface area contributed by atoms with Gasteiger partial charge in [-0.3, -0.25) is 4.90 Å². The van der Waals surface area contributed by atoms with E-state index in [1.807, 2.05) is 18.2 Å². The van der Waals surface area contributed by atoms with Crippen molar-refractivity contribution in [3.05, 3.63) is 23.8 Å². The van der Waals surface area contributed by atoms with Crippen LogP contribution in [-0.4, -0.2) is 43.3 Å². The molecule has 0 atom stereocenters. The molecule has 0 spiro atoms. The molecule has 5 heteroatoms. The van der Waals surface area contributed by atoms with Crippen LogP contribution < -0.4 is 10.1 Å². The molecule has 0 aliphatic carbocycles. The van der Waals surface area contributed by atoms with E-state index in [1.165, 1.54) is 12.8 Å². The van der Waals surface area contributed by atoms with Crippen molar-refractivity contribution in [1.29, 1.82) is 0 Å². The molecule has 0 amide bonds. The van der Waals surface area contributed by atoms with Crippen molar-refractivity contribution in [3.8, 4) is 11.5 Å². The normalized spacial score (nSPS) is 16.5. The maximum atomic E-state index is 9.81. The Hall–Kier alpha value is -0.970. The Labute approximate surface area is 133 Å². The molecule has 1 aliphatic heterocycles. The minimum absolute atomic E-state index is 0. The predicted molar refractivity (Wildman–Crippen MR) is 88.5 cm³/mol. The SMILES string of the molecule is CCNCC1CCN(Cc2ccc(OC)c(O)c2)CC1.Cl. The molecule has 1 heterocycles. The van der Waals surface area contributed by atoms with E-state index in [-0.39, 0.29) is 18.2 Å². The Balaban J connectivity index is 0.00000220. The highest BCUT2D eigenvalue weighted by Crippen LogP contribution is 2.27. The second kappa shape index (κ2) is 9.13. The second-order valence-corrected chi connectivity index (χ2v) is 5.53. The Morgan fingerprint density at radius 2 is 2.05 bits per heavy atom. The first kappa shape index (κ1) is 18.1. The number of methoxy groups -OCH3 is 1.